The van der Waals surface area contributed by atoms with Crippen LogP contribution in [0.3, 0.4) is 0 Å². The molecule has 1 aromatic rings. The topological polar surface area (TPSA) is 29.0 Å². The van der Waals surface area contributed by atoms with Crippen LogP contribution in [0, 0.1) is 0 Å². The van der Waals surface area contributed by atoms with Crippen molar-refractivity contribution in [2.45, 2.75) is 43.9 Å². The number of rotatable bonds is 1. The first-order valence-corrected chi connectivity index (χ1v) is 6.30. The third-order valence-electron chi connectivity index (χ3n) is 3.83. The van der Waals surface area contributed by atoms with Gasteiger partial charge in [-0.2, -0.15) is 13.2 Å². The van der Waals surface area contributed by atoms with E-state index in [2.05, 4.69) is 16.5 Å². The predicted molar refractivity (Wildman–Crippen MR) is 64.7 cm³/mol. The highest BCUT2D eigenvalue weighted by atomic mass is 19.4. The minimum Gasteiger partial charge on any atom is -0.334 e. The number of nitrogens with zero attached hydrogens (tertiary/aromatic N) is 3. The first-order chi connectivity index (χ1) is 8.95. The molecule has 0 aromatic carbocycles. The van der Waals surface area contributed by atoms with Gasteiger partial charge in [0.25, 0.3) is 0 Å². The molecule has 2 aliphatic heterocycles. The first kappa shape index (κ1) is 12.4. The highest BCUT2D eigenvalue weighted by Crippen LogP contribution is 2.40. The Balaban J connectivity index is 1.93. The highest BCUT2D eigenvalue weighted by molar-refractivity contribution is 5.40. The molecule has 3 heterocycles. The molecule has 2 atom stereocenters. The lowest BCUT2D eigenvalue weighted by molar-refractivity contribution is -0.141. The van der Waals surface area contributed by atoms with Gasteiger partial charge in [0, 0.05) is 18.3 Å². The number of halogens is 3. The van der Waals surface area contributed by atoms with Crippen LogP contribution >= 0.6 is 0 Å². The van der Waals surface area contributed by atoms with E-state index in [1.807, 2.05) is 4.90 Å². The van der Waals surface area contributed by atoms with Gasteiger partial charge in [-0.3, -0.25) is 0 Å². The lowest BCUT2D eigenvalue weighted by atomic mass is 9.99. The summed E-state index contributed by atoms with van der Waals surface area (Å²) in [6.07, 6.45) is 0.378. The number of hydrogen-bond acceptors (Lipinski definition) is 3. The Labute approximate surface area is 109 Å². The van der Waals surface area contributed by atoms with E-state index in [0.717, 1.165) is 31.7 Å². The fraction of sp³-hybridized carbons (Fsp3) is 0.538. The van der Waals surface area contributed by atoms with Crippen molar-refractivity contribution in [2.24, 2.45) is 0 Å². The van der Waals surface area contributed by atoms with Gasteiger partial charge in [0.1, 0.15) is 5.69 Å². The van der Waals surface area contributed by atoms with Gasteiger partial charge < -0.3 is 4.90 Å². The number of alkyl halides is 3. The van der Waals surface area contributed by atoms with Crippen molar-refractivity contribution >= 4 is 5.95 Å². The monoisotopic (exact) mass is 269 g/mol. The van der Waals surface area contributed by atoms with Gasteiger partial charge in [0.05, 0.1) is 0 Å². The molecule has 102 valence electrons. The quantitative estimate of drug-likeness (QED) is 0.733. The summed E-state index contributed by atoms with van der Waals surface area (Å²) >= 11 is 0. The fourth-order valence-electron chi connectivity index (χ4n) is 3.07. The van der Waals surface area contributed by atoms with Gasteiger partial charge in [0.2, 0.25) is 5.95 Å². The molecule has 0 N–H and O–H groups in total. The second-order valence-electron chi connectivity index (χ2n) is 5.19. The Morgan fingerprint density at radius 3 is 2.42 bits per heavy atom. The normalized spacial score (nSPS) is 26.9. The molecule has 2 fully saturated rings. The second-order valence-corrected chi connectivity index (χ2v) is 5.19. The zero-order chi connectivity index (χ0) is 13.6. The minimum atomic E-state index is -4.42. The van der Waals surface area contributed by atoms with Gasteiger partial charge >= 0.3 is 6.18 Å². The second kappa shape index (κ2) is 4.21. The van der Waals surface area contributed by atoms with Crippen LogP contribution in [-0.4, -0.2) is 22.1 Å². The molecule has 1 aromatic heterocycles. The summed E-state index contributed by atoms with van der Waals surface area (Å²) in [4.78, 5) is 9.67. The van der Waals surface area contributed by atoms with Crippen molar-refractivity contribution in [1.82, 2.24) is 9.97 Å². The molecule has 0 amide bonds. The number of piperidine rings is 1. The summed E-state index contributed by atoms with van der Waals surface area (Å²) in [6.45, 7) is 3.99. The Bertz CT molecular complexity index is 496. The average molecular weight is 269 g/mol. The molecule has 2 aliphatic rings. The number of aromatic nitrogens is 2. The lowest BCUT2D eigenvalue weighted by Gasteiger charge is -2.36. The summed E-state index contributed by atoms with van der Waals surface area (Å²) in [6, 6.07) is 1.32. The molecule has 0 aliphatic carbocycles. The van der Waals surface area contributed by atoms with Gasteiger partial charge in [0.15, 0.2) is 0 Å². The summed E-state index contributed by atoms with van der Waals surface area (Å²) in [5, 5.41) is 0. The largest absolute Gasteiger partial charge is 0.433 e. The van der Waals surface area contributed by atoms with E-state index in [-0.39, 0.29) is 18.0 Å². The Hall–Kier alpha value is -1.59. The highest BCUT2D eigenvalue weighted by Gasteiger charge is 2.40. The van der Waals surface area contributed by atoms with Crippen LogP contribution in [0.5, 0.6) is 0 Å². The average Bonchev–Trinajstić information content (AvgIpc) is 2.61. The summed E-state index contributed by atoms with van der Waals surface area (Å²) in [7, 11) is 0. The molecule has 6 heteroatoms. The standard InChI is InChI=1S/C13H14F3N3/c1-8-6-9-2-3-10(7-8)19(9)12-17-5-4-11(18-12)13(14,15)16/h4-5,9-10H,1-3,6-7H2. The number of anilines is 1. The minimum absolute atomic E-state index is 0.203. The van der Waals surface area contributed by atoms with Crippen LogP contribution in [0.2, 0.25) is 0 Å². The molecule has 2 unspecified atom stereocenters. The van der Waals surface area contributed by atoms with E-state index in [9.17, 15) is 13.2 Å². The molecular formula is C13H14F3N3. The maximum atomic E-state index is 12.7. The van der Waals surface area contributed by atoms with E-state index in [0.29, 0.717) is 0 Å². The summed E-state index contributed by atoms with van der Waals surface area (Å²) in [5.74, 6) is 0.204. The van der Waals surface area contributed by atoms with Gasteiger partial charge in [-0.15, -0.1) is 0 Å². The molecule has 3 nitrogen and oxygen atoms in total. The third kappa shape index (κ3) is 2.19. The molecular weight excluding hydrogens is 255 g/mol. The number of fused-ring (bicyclic) bond motifs is 2. The van der Waals surface area contributed by atoms with E-state index in [1.165, 1.54) is 11.8 Å². The van der Waals surface area contributed by atoms with Crippen LogP contribution in [-0.2, 0) is 6.18 Å². The van der Waals surface area contributed by atoms with Crippen molar-refractivity contribution < 1.29 is 13.2 Å². The summed E-state index contributed by atoms with van der Waals surface area (Å²) < 4.78 is 38.1. The Kier molecular flexibility index (Phi) is 2.76. The van der Waals surface area contributed by atoms with E-state index < -0.39 is 11.9 Å². The van der Waals surface area contributed by atoms with E-state index in [4.69, 9.17) is 0 Å². The molecule has 0 radical (unpaired) electrons. The Morgan fingerprint density at radius 1 is 1.21 bits per heavy atom. The Morgan fingerprint density at radius 2 is 1.84 bits per heavy atom. The van der Waals surface area contributed by atoms with Crippen molar-refractivity contribution in [3.05, 3.63) is 30.1 Å². The molecule has 0 saturated carbocycles. The number of hydrogen-bond donors (Lipinski definition) is 0. The zero-order valence-electron chi connectivity index (χ0n) is 10.3. The van der Waals surface area contributed by atoms with Gasteiger partial charge in [-0.1, -0.05) is 12.2 Å². The van der Waals surface area contributed by atoms with Crippen molar-refractivity contribution in [1.29, 1.82) is 0 Å². The molecule has 19 heavy (non-hydrogen) atoms. The lowest BCUT2D eigenvalue weighted by Crippen LogP contribution is -2.41. The van der Waals surface area contributed by atoms with Crippen LogP contribution in [0.25, 0.3) is 0 Å². The smallest absolute Gasteiger partial charge is 0.334 e. The first-order valence-electron chi connectivity index (χ1n) is 6.30. The molecule has 2 saturated heterocycles. The van der Waals surface area contributed by atoms with Crippen molar-refractivity contribution in [3.8, 4) is 0 Å². The van der Waals surface area contributed by atoms with Crippen molar-refractivity contribution in [3.63, 3.8) is 0 Å². The molecule has 2 bridgehead atoms. The molecule has 3 rings (SSSR count). The molecule has 0 spiro atoms. The van der Waals surface area contributed by atoms with E-state index >= 15 is 0 Å². The van der Waals surface area contributed by atoms with Crippen molar-refractivity contribution in [2.75, 3.05) is 4.90 Å². The maximum absolute atomic E-state index is 12.7. The van der Waals surface area contributed by atoms with Crippen LogP contribution in [0.4, 0.5) is 19.1 Å². The summed E-state index contributed by atoms with van der Waals surface area (Å²) in [5.41, 5.74) is 0.303. The predicted octanol–water partition coefficient (Wildman–Crippen LogP) is 3.18. The van der Waals surface area contributed by atoms with Crippen LogP contribution in [0.1, 0.15) is 31.4 Å². The zero-order valence-corrected chi connectivity index (χ0v) is 10.3. The fourth-order valence-corrected chi connectivity index (χ4v) is 3.07. The van der Waals surface area contributed by atoms with Gasteiger partial charge in [-0.25, -0.2) is 9.97 Å². The van der Waals surface area contributed by atoms with Crippen LogP contribution in [0.15, 0.2) is 24.4 Å². The maximum Gasteiger partial charge on any atom is 0.433 e. The van der Waals surface area contributed by atoms with Gasteiger partial charge in [-0.05, 0) is 31.7 Å². The van der Waals surface area contributed by atoms with Crippen LogP contribution < -0.4 is 4.90 Å². The van der Waals surface area contributed by atoms with E-state index in [1.54, 1.807) is 0 Å². The third-order valence-corrected chi connectivity index (χ3v) is 3.83. The SMILES string of the molecule is C=C1CC2CCC(C1)N2c1nccc(C(F)(F)F)n1.